The average Bonchev–Trinajstić information content (AvgIpc) is 2.90. The highest BCUT2D eigenvalue weighted by atomic mass is 35.5. The highest BCUT2D eigenvalue weighted by Gasteiger charge is 2.07. The standard InChI is InChI=1S/C14H15Cl2NO2/c1-10(13-3-2-7-18-13)17-6-8-19-14-5-4-11(15)9-12(14)16/h2-5,7,9-10,17H,6,8H2,1H3. The molecule has 0 fully saturated rings. The van der Waals surface area contributed by atoms with Gasteiger partial charge in [0.1, 0.15) is 18.1 Å². The lowest BCUT2D eigenvalue weighted by Crippen LogP contribution is -2.24. The Morgan fingerprint density at radius 3 is 2.84 bits per heavy atom. The van der Waals surface area contributed by atoms with Gasteiger partial charge in [0.2, 0.25) is 0 Å². The summed E-state index contributed by atoms with van der Waals surface area (Å²) in [5, 5.41) is 4.42. The molecule has 2 rings (SSSR count). The Balaban J connectivity index is 1.75. The summed E-state index contributed by atoms with van der Waals surface area (Å²) in [7, 11) is 0. The molecule has 2 aromatic rings. The van der Waals surface area contributed by atoms with Gasteiger partial charge >= 0.3 is 0 Å². The van der Waals surface area contributed by atoms with Gasteiger partial charge in [0.15, 0.2) is 0 Å². The molecule has 0 saturated heterocycles. The van der Waals surface area contributed by atoms with Gasteiger partial charge in [-0.2, -0.15) is 0 Å². The SMILES string of the molecule is CC(NCCOc1ccc(Cl)cc1Cl)c1ccco1. The van der Waals surface area contributed by atoms with Crippen LogP contribution in [0.25, 0.3) is 0 Å². The smallest absolute Gasteiger partial charge is 0.138 e. The Morgan fingerprint density at radius 1 is 1.32 bits per heavy atom. The topological polar surface area (TPSA) is 34.4 Å². The fraction of sp³-hybridized carbons (Fsp3) is 0.286. The minimum atomic E-state index is 0.152. The van der Waals surface area contributed by atoms with Crippen molar-refractivity contribution < 1.29 is 9.15 Å². The molecule has 0 aliphatic heterocycles. The number of nitrogens with one attached hydrogen (secondary N) is 1. The summed E-state index contributed by atoms with van der Waals surface area (Å²) < 4.78 is 10.9. The highest BCUT2D eigenvalue weighted by molar-refractivity contribution is 6.35. The molecule has 102 valence electrons. The zero-order chi connectivity index (χ0) is 13.7. The van der Waals surface area contributed by atoms with Gasteiger partial charge in [-0.05, 0) is 37.3 Å². The van der Waals surface area contributed by atoms with Crippen molar-refractivity contribution in [2.75, 3.05) is 13.2 Å². The molecule has 0 radical (unpaired) electrons. The van der Waals surface area contributed by atoms with Gasteiger partial charge in [0, 0.05) is 11.6 Å². The van der Waals surface area contributed by atoms with E-state index in [4.69, 9.17) is 32.4 Å². The van der Waals surface area contributed by atoms with Gasteiger partial charge in [0.05, 0.1) is 17.3 Å². The van der Waals surface area contributed by atoms with Crippen molar-refractivity contribution in [2.24, 2.45) is 0 Å². The lowest BCUT2D eigenvalue weighted by Gasteiger charge is -2.12. The Kier molecular flexibility index (Phi) is 5.14. The normalized spacial score (nSPS) is 12.4. The molecule has 0 aliphatic rings. The van der Waals surface area contributed by atoms with Crippen LogP contribution in [-0.2, 0) is 0 Å². The van der Waals surface area contributed by atoms with Crippen LogP contribution in [0.1, 0.15) is 18.7 Å². The predicted octanol–water partition coefficient (Wildman–Crippen LogP) is 4.32. The van der Waals surface area contributed by atoms with Gasteiger partial charge in [0.25, 0.3) is 0 Å². The van der Waals surface area contributed by atoms with Crippen LogP contribution in [0.3, 0.4) is 0 Å². The van der Waals surface area contributed by atoms with Crippen molar-refractivity contribution in [3.63, 3.8) is 0 Å². The third-order valence-corrected chi connectivity index (χ3v) is 3.20. The number of furan rings is 1. The van der Waals surface area contributed by atoms with Crippen molar-refractivity contribution in [1.29, 1.82) is 0 Å². The van der Waals surface area contributed by atoms with Crippen LogP contribution in [-0.4, -0.2) is 13.2 Å². The molecule has 0 bridgehead atoms. The zero-order valence-electron chi connectivity index (χ0n) is 10.5. The molecular weight excluding hydrogens is 285 g/mol. The lowest BCUT2D eigenvalue weighted by atomic mass is 10.2. The van der Waals surface area contributed by atoms with Crippen LogP contribution < -0.4 is 10.1 Å². The average molecular weight is 300 g/mol. The van der Waals surface area contributed by atoms with Crippen molar-refractivity contribution in [3.05, 3.63) is 52.4 Å². The van der Waals surface area contributed by atoms with Gasteiger partial charge in [-0.3, -0.25) is 0 Å². The molecule has 1 heterocycles. The van der Waals surface area contributed by atoms with Crippen LogP contribution in [0, 0.1) is 0 Å². The Morgan fingerprint density at radius 2 is 2.16 bits per heavy atom. The first-order chi connectivity index (χ1) is 9.16. The van der Waals surface area contributed by atoms with E-state index in [-0.39, 0.29) is 6.04 Å². The van der Waals surface area contributed by atoms with Crippen molar-refractivity contribution in [2.45, 2.75) is 13.0 Å². The fourth-order valence-electron chi connectivity index (χ4n) is 1.67. The molecule has 19 heavy (non-hydrogen) atoms. The van der Waals surface area contributed by atoms with E-state index in [2.05, 4.69) is 5.32 Å². The molecule has 5 heteroatoms. The molecular formula is C14H15Cl2NO2. The summed E-state index contributed by atoms with van der Waals surface area (Å²) in [5.41, 5.74) is 0. The molecule has 1 atom stereocenters. The maximum Gasteiger partial charge on any atom is 0.138 e. The number of ether oxygens (including phenoxy) is 1. The summed E-state index contributed by atoms with van der Waals surface area (Å²) in [6, 6.07) is 9.14. The molecule has 0 spiro atoms. The maximum absolute atomic E-state index is 6.01. The van der Waals surface area contributed by atoms with Gasteiger partial charge in [-0.25, -0.2) is 0 Å². The third kappa shape index (κ3) is 4.16. The number of benzene rings is 1. The summed E-state index contributed by atoms with van der Waals surface area (Å²) in [6.07, 6.45) is 1.66. The summed E-state index contributed by atoms with van der Waals surface area (Å²) in [4.78, 5) is 0. The van der Waals surface area contributed by atoms with Gasteiger partial charge in [-0.1, -0.05) is 23.2 Å². The zero-order valence-corrected chi connectivity index (χ0v) is 12.0. The molecule has 3 nitrogen and oxygen atoms in total. The Hall–Kier alpha value is -1.16. The van der Waals surface area contributed by atoms with E-state index in [0.717, 1.165) is 5.76 Å². The van der Waals surface area contributed by atoms with E-state index in [0.29, 0.717) is 28.9 Å². The molecule has 1 N–H and O–H groups in total. The summed E-state index contributed by atoms with van der Waals surface area (Å²) >= 11 is 11.8. The second kappa shape index (κ2) is 6.85. The molecule has 0 amide bonds. The quantitative estimate of drug-likeness (QED) is 0.807. The second-order valence-corrected chi connectivity index (χ2v) is 4.96. The van der Waals surface area contributed by atoms with E-state index in [9.17, 15) is 0 Å². The van der Waals surface area contributed by atoms with Gasteiger partial charge in [-0.15, -0.1) is 0 Å². The summed E-state index contributed by atoms with van der Waals surface area (Å²) in [6.45, 7) is 3.25. The monoisotopic (exact) mass is 299 g/mol. The first-order valence-electron chi connectivity index (χ1n) is 6.01. The van der Waals surface area contributed by atoms with Crippen LogP contribution in [0.5, 0.6) is 5.75 Å². The highest BCUT2D eigenvalue weighted by Crippen LogP contribution is 2.27. The predicted molar refractivity (Wildman–Crippen MR) is 77.1 cm³/mol. The Bertz CT molecular complexity index is 514. The third-order valence-electron chi connectivity index (χ3n) is 2.67. The first-order valence-corrected chi connectivity index (χ1v) is 6.77. The molecule has 0 saturated carbocycles. The van der Waals surface area contributed by atoms with Crippen LogP contribution >= 0.6 is 23.2 Å². The lowest BCUT2D eigenvalue weighted by molar-refractivity contribution is 0.302. The first kappa shape index (κ1) is 14.3. The molecule has 1 aromatic heterocycles. The molecule has 1 unspecified atom stereocenters. The van der Waals surface area contributed by atoms with E-state index < -0.39 is 0 Å². The van der Waals surface area contributed by atoms with E-state index in [1.807, 2.05) is 19.1 Å². The van der Waals surface area contributed by atoms with Crippen LogP contribution in [0.2, 0.25) is 10.0 Å². The minimum Gasteiger partial charge on any atom is -0.491 e. The van der Waals surface area contributed by atoms with E-state index in [1.54, 1.807) is 24.5 Å². The molecule has 0 aliphatic carbocycles. The second-order valence-electron chi connectivity index (χ2n) is 4.11. The van der Waals surface area contributed by atoms with E-state index >= 15 is 0 Å². The number of rotatable bonds is 6. The van der Waals surface area contributed by atoms with Crippen molar-refractivity contribution >= 4 is 23.2 Å². The van der Waals surface area contributed by atoms with Gasteiger partial charge < -0.3 is 14.5 Å². The maximum atomic E-state index is 6.01. The van der Waals surface area contributed by atoms with Crippen LogP contribution in [0.4, 0.5) is 0 Å². The Labute approximate surface area is 122 Å². The number of hydrogen-bond acceptors (Lipinski definition) is 3. The largest absolute Gasteiger partial charge is 0.491 e. The summed E-state index contributed by atoms with van der Waals surface area (Å²) in [5.74, 6) is 1.54. The fourth-order valence-corrected chi connectivity index (χ4v) is 2.13. The number of hydrogen-bond donors (Lipinski definition) is 1. The van der Waals surface area contributed by atoms with Crippen molar-refractivity contribution in [1.82, 2.24) is 5.32 Å². The number of halogens is 2. The van der Waals surface area contributed by atoms with Crippen LogP contribution in [0.15, 0.2) is 41.0 Å². The van der Waals surface area contributed by atoms with Crippen molar-refractivity contribution in [3.8, 4) is 5.75 Å². The van der Waals surface area contributed by atoms with E-state index in [1.165, 1.54) is 0 Å². The molecule has 1 aromatic carbocycles. The minimum absolute atomic E-state index is 0.152.